The summed E-state index contributed by atoms with van der Waals surface area (Å²) in [4.78, 5) is 28.6. The van der Waals surface area contributed by atoms with E-state index in [1.807, 2.05) is 56.0 Å². The highest BCUT2D eigenvalue weighted by Crippen LogP contribution is 2.16. The van der Waals surface area contributed by atoms with E-state index in [9.17, 15) is 9.59 Å². The summed E-state index contributed by atoms with van der Waals surface area (Å²) in [7, 11) is 0. The number of hydrogen-bond acceptors (Lipinski definition) is 7. The minimum Gasteiger partial charge on any atom is -0.350 e. The van der Waals surface area contributed by atoms with E-state index >= 15 is 0 Å². The SMILES string of the molecule is CC(C)(C)NC(=O)CN1CCN(C(=O)CSc2nnnn2Cc2ccccc2)CC1. The second-order valence-electron chi connectivity index (χ2n) is 8.35. The van der Waals surface area contributed by atoms with Gasteiger partial charge < -0.3 is 10.2 Å². The first-order valence-corrected chi connectivity index (χ1v) is 11.0. The van der Waals surface area contributed by atoms with Crippen molar-refractivity contribution in [2.24, 2.45) is 0 Å². The molecule has 9 nitrogen and oxygen atoms in total. The molecule has 0 bridgehead atoms. The lowest BCUT2D eigenvalue weighted by Crippen LogP contribution is -2.53. The quantitative estimate of drug-likeness (QED) is 0.650. The molecule has 1 aliphatic heterocycles. The molecule has 2 amide bonds. The molecule has 2 heterocycles. The van der Waals surface area contributed by atoms with Gasteiger partial charge in [-0.15, -0.1) is 5.10 Å². The molecule has 0 saturated carbocycles. The molecule has 3 rings (SSSR count). The van der Waals surface area contributed by atoms with Crippen molar-refractivity contribution in [3.05, 3.63) is 35.9 Å². The fraction of sp³-hybridized carbons (Fsp3) is 0.550. The van der Waals surface area contributed by atoms with Gasteiger partial charge in [0.25, 0.3) is 0 Å². The van der Waals surface area contributed by atoms with Crippen LogP contribution in [0.1, 0.15) is 26.3 Å². The van der Waals surface area contributed by atoms with Crippen LogP contribution in [-0.4, -0.2) is 85.8 Å². The monoisotopic (exact) mass is 431 g/mol. The molecule has 0 atom stereocenters. The molecule has 0 aliphatic carbocycles. The number of thioether (sulfide) groups is 1. The summed E-state index contributed by atoms with van der Waals surface area (Å²) in [5.41, 5.74) is 0.867. The van der Waals surface area contributed by atoms with Gasteiger partial charge in [0.1, 0.15) is 0 Å². The van der Waals surface area contributed by atoms with Crippen LogP contribution in [0.2, 0.25) is 0 Å². The van der Waals surface area contributed by atoms with E-state index in [1.54, 1.807) is 4.68 Å². The summed E-state index contributed by atoms with van der Waals surface area (Å²) in [5, 5.41) is 15.4. The Morgan fingerprint density at radius 2 is 1.80 bits per heavy atom. The smallest absolute Gasteiger partial charge is 0.234 e. The number of amides is 2. The third-order valence-electron chi connectivity index (χ3n) is 4.61. The summed E-state index contributed by atoms with van der Waals surface area (Å²) in [5.74, 6) is 0.371. The molecule has 1 N–H and O–H groups in total. The number of aromatic nitrogens is 4. The molecule has 1 saturated heterocycles. The number of benzene rings is 1. The Labute approximate surface area is 181 Å². The second-order valence-corrected chi connectivity index (χ2v) is 9.29. The number of nitrogens with one attached hydrogen (secondary N) is 1. The number of carbonyl (C=O) groups excluding carboxylic acids is 2. The van der Waals surface area contributed by atoms with E-state index in [0.29, 0.717) is 50.2 Å². The Morgan fingerprint density at radius 1 is 1.10 bits per heavy atom. The minimum atomic E-state index is -0.234. The molecule has 30 heavy (non-hydrogen) atoms. The second kappa shape index (κ2) is 10.0. The van der Waals surface area contributed by atoms with Crippen molar-refractivity contribution in [1.29, 1.82) is 0 Å². The first-order chi connectivity index (χ1) is 14.3. The van der Waals surface area contributed by atoms with Crippen LogP contribution in [0.5, 0.6) is 0 Å². The van der Waals surface area contributed by atoms with Crippen LogP contribution in [0, 0.1) is 0 Å². The topological polar surface area (TPSA) is 96.2 Å². The first-order valence-electron chi connectivity index (χ1n) is 10.0. The van der Waals surface area contributed by atoms with Crippen LogP contribution in [0.15, 0.2) is 35.5 Å². The molecule has 1 aromatic heterocycles. The van der Waals surface area contributed by atoms with Crippen molar-refractivity contribution >= 4 is 23.6 Å². The number of piperazine rings is 1. The molecule has 0 radical (unpaired) electrons. The molecule has 10 heteroatoms. The highest BCUT2D eigenvalue weighted by Gasteiger charge is 2.24. The van der Waals surface area contributed by atoms with Gasteiger partial charge in [-0.2, -0.15) is 0 Å². The van der Waals surface area contributed by atoms with Gasteiger partial charge in [-0.3, -0.25) is 14.5 Å². The maximum Gasteiger partial charge on any atom is 0.234 e. The van der Waals surface area contributed by atoms with Crippen LogP contribution in [0.4, 0.5) is 0 Å². The number of nitrogens with zero attached hydrogens (tertiary/aromatic N) is 6. The van der Waals surface area contributed by atoms with Crippen LogP contribution in [0.25, 0.3) is 0 Å². The maximum atomic E-state index is 12.6. The third-order valence-corrected chi connectivity index (χ3v) is 5.55. The van der Waals surface area contributed by atoms with Gasteiger partial charge in [0, 0.05) is 31.7 Å². The van der Waals surface area contributed by atoms with Crippen LogP contribution < -0.4 is 5.32 Å². The van der Waals surface area contributed by atoms with Gasteiger partial charge in [0.05, 0.1) is 18.8 Å². The van der Waals surface area contributed by atoms with Crippen molar-refractivity contribution in [1.82, 2.24) is 35.3 Å². The van der Waals surface area contributed by atoms with Gasteiger partial charge in [-0.1, -0.05) is 42.1 Å². The zero-order valence-electron chi connectivity index (χ0n) is 17.7. The summed E-state index contributed by atoms with van der Waals surface area (Å²) in [6, 6.07) is 9.95. The van der Waals surface area contributed by atoms with Crippen LogP contribution in [0.3, 0.4) is 0 Å². The molecule has 1 fully saturated rings. The zero-order valence-corrected chi connectivity index (χ0v) is 18.6. The average molecular weight is 432 g/mol. The van der Waals surface area contributed by atoms with E-state index in [-0.39, 0.29) is 17.4 Å². The predicted molar refractivity (Wildman–Crippen MR) is 115 cm³/mol. The number of tetrazole rings is 1. The molecule has 2 aromatic rings. The fourth-order valence-corrected chi connectivity index (χ4v) is 3.97. The molecule has 0 spiro atoms. The Morgan fingerprint density at radius 3 is 2.47 bits per heavy atom. The lowest BCUT2D eigenvalue weighted by Gasteiger charge is -2.34. The Balaban J connectivity index is 1.43. The van der Waals surface area contributed by atoms with E-state index in [0.717, 1.165) is 5.56 Å². The Bertz CT molecular complexity index is 842. The molecular formula is C20H29N7O2S. The number of rotatable bonds is 7. The van der Waals surface area contributed by atoms with Gasteiger partial charge in [-0.05, 0) is 36.8 Å². The minimum absolute atomic E-state index is 0.0167. The van der Waals surface area contributed by atoms with Crippen molar-refractivity contribution < 1.29 is 9.59 Å². The Hall–Kier alpha value is -2.46. The van der Waals surface area contributed by atoms with Crippen LogP contribution in [-0.2, 0) is 16.1 Å². The van der Waals surface area contributed by atoms with Crippen molar-refractivity contribution in [3.63, 3.8) is 0 Å². The first kappa shape index (κ1) is 22.2. The predicted octanol–water partition coefficient (Wildman–Crippen LogP) is 0.872. The van der Waals surface area contributed by atoms with E-state index in [2.05, 4.69) is 25.7 Å². The molecule has 1 aliphatic rings. The number of hydrogen-bond donors (Lipinski definition) is 1. The third kappa shape index (κ3) is 6.81. The van der Waals surface area contributed by atoms with Gasteiger partial charge >= 0.3 is 0 Å². The number of carbonyl (C=O) groups is 2. The highest BCUT2D eigenvalue weighted by atomic mass is 32.2. The average Bonchev–Trinajstić information content (AvgIpc) is 3.13. The lowest BCUT2D eigenvalue weighted by molar-refractivity contribution is -0.130. The fourth-order valence-electron chi connectivity index (χ4n) is 3.19. The summed E-state index contributed by atoms with van der Waals surface area (Å²) >= 11 is 1.35. The zero-order chi connectivity index (χ0) is 21.6. The van der Waals surface area contributed by atoms with Crippen LogP contribution >= 0.6 is 11.8 Å². The van der Waals surface area contributed by atoms with Gasteiger partial charge in [0.15, 0.2) is 0 Å². The summed E-state index contributed by atoms with van der Waals surface area (Å²) in [6.07, 6.45) is 0. The lowest BCUT2D eigenvalue weighted by atomic mass is 10.1. The van der Waals surface area contributed by atoms with Crippen molar-refractivity contribution in [2.75, 3.05) is 38.5 Å². The van der Waals surface area contributed by atoms with E-state index in [4.69, 9.17) is 0 Å². The summed E-state index contributed by atoms with van der Waals surface area (Å²) in [6.45, 7) is 9.47. The maximum absolute atomic E-state index is 12.6. The highest BCUT2D eigenvalue weighted by molar-refractivity contribution is 7.99. The molecule has 162 valence electrons. The van der Waals surface area contributed by atoms with Gasteiger partial charge in [0.2, 0.25) is 17.0 Å². The normalized spacial score (nSPS) is 15.2. The standard InChI is InChI=1S/C20H29N7O2S/c1-20(2,3)21-17(28)14-25-9-11-26(12-10-25)18(29)15-30-19-22-23-24-27(19)13-16-7-5-4-6-8-16/h4-8H,9-15H2,1-3H3,(H,21,28). The van der Waals surface area contributed by atoms with E-state index < -0.39 is 0 Å². The van der Waals surface area contributed by atoms with Crippen molar-refractivity contribution in [2.45, 2.75) is 38.0 Å². The molecule has 1 aromatic carbocycles. The van der Waals surface area contributed by atoms with Gasteiger partial charge in [-0.25, -0.2) is 4.68 Å². The summed E-state index contributed by atoms with van der Waals surface area (Å²) < 4.78 is 1.71. The largest absolute Gasteiger partial charge is 0.350 e. The van der Waals surface area contributed by atoms with E-state index in [1.165, 1.54) is 11.8 Å². The molecular weight excluding hydrogens is 402 g/mol. The van der Waals surface area contributed by atoms with Crippen molar-refractivity contribution in [3.8, 4) is 0 Å². The Kier molecular flexibility index (Phi) is 7.43. The molecule has 0 unspecified atom stereocenters.